The summed E-state index contributed by atoms with van der Waals surface area (Å²) in [5, 5.41) is 4.52. The number of nitrogens with zero attached hydrogens (tertiary/aromatic N) is 1. The molecule has 6 nitrogen and oxygen atoms in total. The van der Waals surface area contributed by atoms with Crippen LogP contribution in [0.2, 0.25) is 5.02 Å². The van der Waals surface area contributed by atoms with Gasteiger partial charge in [-0.1, -0.05) is 11.6 Å². The summed E-state index contributed by atoms with van der Waals surface area (Å²) in [7, 11) is 1.56. The lowest BCUT2D eigenvalue weighted by Gasteiger charge is -2.12. The predicted molar refractivity (Wildman–Crippen MR) is 105 cm³/mol. The molecule has 0 aliphatic rings. The standard InChI is InChI=1S/C18H18BrClN2O4/c1-3-25-18-15(19)8-12(9-16(18)24-2)10-21-22-17(23)11-26-14-6-4-13(20)5-7-14/h4-10H,3,11H2,1-2H3,(H,22,23)/b21-10+. The first-order chi connectivity index (χ1) is 12.5. The Bertz CT molecular complexity index is 782. The van der Waals surface area contributed by atoms with Crippen molar-refractivity contribution in [1.29, 1.82) is 0 Å². The van der Waals surface area contributed by atoms with E-state index in [0.29, 0.717) is 28.9 Å². The van der Waals surface area contributed by atoms with Gasteiger partial charge in [0.2, 0.25) is 0 Å². The molecule has 1 amide bonds. The molecular weight excluding hydrogens is 424 g/mol. The zero-order valence-electron chi connectivity index (χ0n) is 14.3. The van der Waals surface area contributed by atoms with Crippen LogP contribution in [0.3, 0.4) is 0 Å². The molecule has 2 aromatic carbocycles. The van der Waals surface area contributed by atoms with Crippen LogP contribution in [0.15, 0.2) is 46.0 Å². The second-order valence-electron chi connectivity index (χ2n) is 5.00. The lowest BCUT2D eigenvalue weighted by Crippen LogP contribution is -2.24. The first-order valence-electron chi connectivity index (χ1n) is 7.74. The highest BCUT2D eigenvalue weighted by Crippen LogP contribution is 2.36. The van der Waals surface area contributed by atoms with Gasteiger partial charge in [-0.25, -0.2) is 5.43 Å². The van der Waals surface area contributed by atoms with E-state index >= 15 is 0 Å². The van der Waals surface area contributed by atoms with Gasteiger partial charge >= 0.3 is 0 Å². The van der Waals surface area contributed by atoms with Gasteiger partial charge in [-0.15, -0.1) is 0 Å². The second kappa shape index (κ2) is 10.0. The Morgan fingerprint density at radius 3 is 2.65 bits per heavy atom. The molecule has 0 radical (unpaired) electrons. The summed E-state index contributed by atoms with van der Waals surface area (Å²) < 4.78 is 16.9. The number of halogens is 2. The number of carbonyl (C=O) groups excluding carboxylic acids is 1. The van der Waals surface area contributed by atoms with E-state index in [1.165, 1.54) is 6.21 Å². The number of methoxy groups -OCH3 is 1. The molecular formula is C18H18BrClN2O4. The molecule has 0 aromatic heterocycles. The molecule has 0 unspecified atom stereocenters. The maximum Gasteiger partial charge on any atom is 0.277 e. The van der Waals surface area contributed by atoms with E-state index in [2.05, 4.69) is 26.5 Å². The highest BCUT2D eigenvalue weighted by atomic mass is 79.9. The van der Waals surface area contributed by atoms with Crippen LogP contribution >= 0.6 is 27.5 Å². The Kier molecular flexibility index (Phi) is 7.74. The van der Waals surface area contributed by atoms with Gasteiger partial charge in [0.05, 0.1) is 24.4 Å². The minimum Gasteiger partial charge on any atom is -0.493 e. The third-order valence-corrected chi connectivity index (χ3v) is 3.97. The molecule has 138 valence electrons. The van der Waals surface area contributed by atoms with Gasteiger partial charge in [0.15, 0.2) is 18.1 Å². The van der Waals surface area contributed by atoms with Crippen molar-refractivity contribution in [3.63, 3.8) is 0 Å². The summed E-state index contributed by atoms with van der Waals surface area (Å²) in [4.78, 5) is 11.8. The van der Waals surface area contributed by atoms with Crippen molar-refractivity contribution in [3.05, 3.63) is 51.5 Å². The summed E-state index contributed by atoms with van der Waals surface area (Å²) >= 11 is 9.22. The van der Waals surface area contributed by atoms with E-state index in [1.807, 2.05) is 13.0 Å². The van der Waals surface area contributed by atoms with Gasteiger partial charge in [-0.05, 0) is 64.8 Å². The normalized spacial score (nSPS) is 10.6. The van der Waals surface area contributed by atoms with Gasteiger partial charge in [0, 0.05) is 5.02 Å². The molecule has 0 saturated heterocycles. The molecule has 1 N–H and O–H groups in total. The van der Waals surface area contributed by atoms with Gasteiger partial charge in [-0.2, -0.15) is 5.10 Å². The van der Waals surface area contributed by atoms with Crippen molar-refractivity contribution < 1.29 is 19.0 Å². The molecule has 0 heterocycles. The first kappa shape index (κ1) is 20.1. The molecule has 0 aliphatic carbocycles. The van der Waals surface area contributed by atoms with Crippen LogP contribution in [-0.2, 0) is 4.79 Å². The SMILES string of the molecule is CCOc1c(Br)cc(/C=N/NC(=O)COc2ccc(Cl)cc2)cc1OC. The molecule has 8 heteroatoms. The van der Waals surface area contributed by atoms with Crippen molar-refractivity contribution in [2.75, 3.05) is 20.3 Å². The Morgan fingerprint density at radius 2 is 2.00 bits per heavy atom. The fraction of sp³-hybridized carbons (Fsp3) is 0.222. The number of hydrazone groups is 1. The Labute approximate surface area is 165 Å². The van der Waals surface area contributed by atoms with Crippen LogP contribution in [0.4, 0.5) is 0 Å². The summed E-state index contributed by atoms with van der Waals surface area (Å²) in [5.41, 5.74) is 3.13. The van der Waals surface area contributed by atoms with Crippen molar-refractivity contribution in [3.8, 4) is 17.2 Å². The van der Waals surface area contributed by atoms with Crippen LogP contribution in [0.1, 0.15) is 12.5 Å². The van der Waals surface area contributed by atoms with E-state index in [-0.39, 0.29) is 12.5 Å². The van der Waals surface area contributed by atoms with Crippen LogP contribution in [0.25, 0.3) is 0 Å². The van der Waals surface area contributed by atoms with E-state index in [1.54, 1.807) is 37.4 Å². The van der Waals surface area contributed by atoms with Gasteiger partial charge < -0.3 is 14.2 Å². The Hall–Kier alpha value is -2.25. The van der Waals surface area contributed by atoms with E-state index < -0.39 is 0 Å². The van der Waals surface area contributed by atoms with Crippen molar-refractivity contribution >= 4 is 39.7 Å². The highest BCUT2D eigenvalue weighted by Gasteiger charge is 2.10. The largest absolute Gasteiger partial charge is 0.493 e. The number of benzene rings is 2. The topological polar surface area (TPSA) is 69.2 Å². The average molecular weight is 442 g/mol. The highest BCUT2D eigenvalue weighted by molar-refractivity contribution is 9.10. The number of carbonyl (C=O) groups is 1. The molecule has 0 spiro atoms. The Morgan fingerprint density at radius 1 is 1.27 bits per heavy atom. The van der Waals surface area contributed by atoms with Crippen LogP contribution in [-0.4, -0.2) is 32.4 Å². The molecule has 2 rings (SSSR count). The van der Waals surface area contributed by atoms with E-state index in [9.17, 15) is 4.79 Å². The Balaban J connectivity index is 1.91. The maximum absolute atomic E-state index is 11.8. The van der Waals surface area contributed by atoms with E-state index in [4.69, 9.17) is 25.8 Å². The number of ether oxygens (including phenoxy) is 3. The molecule has 0 atom stereocenters. The lowest BCUT2D eigenvalue weighted by molar-refractivity contribution is -0.123. The number of hydrogen-bond acceptors (Lipinski definition) is 5. The fourth-order valence-electron chi connectivity index (χ4n) is 1.99. The maximum atomic E-state index is 11.8. The summed E-state index contributed by atoms with van der Waals surface area (Å²) in [6.45, 7) is 2.25. The quantitative estimate of drug-likeness (QED) is 0.496. The molecule has 0 bridgehead atoms. The number of hydrogen-bond donors (Lipinski definition) is 1. The number of rotatable bonds is 8. The first-order valence-corrected chi connectivity index (χ1v) is 8.91. The zero-order valence-corrected chi connectivity index (χ0v) is 16.6. The van der Waals surface area contributed by atoms with Crippen LogP contribution < -0.4 is 19.6 Å². The third kappa shape index (κ3) is 5.93. The lowest BCUT2D eigenvalue weighted by atomic mass is 10.2. The minimum atomic E-state index is -0.381. The van der Waals surface area contributed by atoms with Gasteiger partial charge in [0.25, 0.3) is 5.91 Å². The third-order valence-electron chi connectivity index (χ3n) is 3.13. The zero-order chi connectivity index (χ0) is 18.9. The van der Waals surface area contributed by atoms with Crippen molar-refractivity contribution in [2.45, 2.75) is 6.92 Å². The monoisotopic (exact) mass is 440 g/mol. The minimum absolute atomic E-state index is 0.157. The van der Waals surface area contributed by atoms with Gasteiger partial charge in [0.1, 0.15) is 5.75 Å². The predicted octanol–water partition coefficient (Wildman–Crippen LogP) is 4.04. The molecule has 26 heavy (non-hydrogen) atoms. The fourth-order valence-corrected chi connectivity index (χ4v) is 2.69. The van der Waals surface area contributed by atoms with Crippen LogP contribution in [0.5, 0.6) is 17.2 Å². The average Bonchev–Trinajstić information content (AvgIpc) is 2.63. The van der Waals surface area contributed by atoms with Crippen LogP contribution in [0, 0.1) is 0 Å². The summed E-state index contributed by atoms with van der Waals surface area (Å²) in [6, 6.07) is 10.3. The molecule has 0 fully saturated rings. The molecule has 0 aliphatic heterocycles. The summed E-state index contributed by atoms with van der Waals surface area (Å²) in [6.07, 6.45) is 1.50. The molecule has 0 saturated carbocycles. The number of amides is 1. The van der Waals surface area contributed by atoms with Crippen molar-refractivity contribution in [2.24, 2.45) is 5.10 Å². The van der Waals surface area contributed by atoms with Crippen molar-refractivity contribution in [1.82, 2.24) is 5.43 Å². The van der Waals surface area contributed by atoms with E-state index in [0.717, 1.165) is 10.0 Å². The van der Waals surface area contributed by atoms with Gasteiger partial charge in [-0.3, -0.25) is 4.79 Å². The smallest absolute Gasteiger partial charge is 0.277 e. The number of nitrogens with one attached hydrogen (secondary N) is 1. The molecule has 2 aromatic rings. The second-order valence-corrected chi connectivity index (χ2v) is 6.29. The summed E-state index contributed by atoms with van der Waals surface area (Å²) in [5.74, 6) is 1.36.